The first-order chi connectivity index (χ1) is 9.17. The maximum absolute atomic E-state index is 6.24. The number of fused-ring (bicyclic) bond motifs is 1. The highest BCUT2D eigenvalue weighted by Crippen LogP contribution is 2.43. The largest absolute Gasteiger partial charge is 0.497 e. The Morgan fingerprint density at radius 2 is 2.21 bits per heavy atom. The van der Waals surface area contributed by atoms with Crippen molar-refractivity contribution in [2.45, 2.75) is 18.6 Å². The number of methoxy groups -OCH3 is 1. The molecule has 0 saturated heterocycles. The van der Waals surface area contributed by atoms with Crippen molar-refractivity contribution in [2.75, 3.05) is 7.11 Å². The van der Waals surface area contributed by atoms with Crippen LogP contribution in [0.25, 0.3) is 0 Å². The summed E-state index contributed by atoms with van der Waals surface area (Å²) >= 11 is 5.17. The van der Waals surface area contributed by atoms with Crippen LogP contribution in [0.3, 0.4) is 0 Å². The molecule has 3 rings (SSSR count). The molecule has 2 heterocycles. The highest BCUT2D eigenvalue weighted by atomic mass is 79.9. The second-order valence-corrected chi connectivity index (χ2v) is 6.99. The summed E-state index contributed by atoms with van der Waals surface area (Å²) in [6.07, 6.45) is 0.817. The molecule has 0 aliphatic carbocycles. The van der Waals surface area contributed by atoms with Crippen LogP contribution in [-0.2, 0) is 0 Å². The first kappa shape index (κ1) is 13.0. The fourth-order valence-electron chi connectivity index (χ4n) is 2.28. The molecular weight excluding hydrogens is 326 g/mol. The van der Waals surface area contributed by atoms with Gasteiger partial charge in [0, 0.05) is 29.0 Å². The van der Waals surface area contributed by atoms with Crippen LogP contribution in [-0.4, -0.2) is 7.11 Å². The lowest BCUT2D eigenvalue weighted by atomic mass is 9.96. The molecule has 0 radical (unpaired) electrons. The molecule has 1 aliphatic heterocycles. The number of rotatable bonds is 2. The van der Waals surface area contributed by atoms with Gasteiger partial charge in [0.15, 0.2) is 0 Å². The highest BCUT2D eigenvalue weighted by molar-refractivity contribution is 9.11. The third kappa shape index (κ3) is 2.50. The number of hydrogen-bond acceptors (Lipinski definition) is 4. The smallest absolute Gasteiger partial charge is 0.135 e. The van der Waals surface area contributed by atoms with Crippen molar-refractivity contribution >= 4 is 27.3 Å². The zero-order valence-corrected chi connectivity index (χ0v) is 12.8. The molecule has 1 aromatic carbocycles. The highest BCUT2D eigenvalue weighted by Gasteiger charge is 2.28. The third-order valence-electron chi connectivity index (χ3n) is 3.27. The summed E-state index contributed by atoms with van der Waals surface area (Å²) < 4.78 is 12.4. The molecule has 5 heteroatoms. The third-order valence-corrected chi connectivity index (χ3v) is 4.98. The Bertz CT molecular complexity index is 599. The number of ether oxygens (including phenoxy) is 2. The average Bonchev–Trinajstić information content (AvgIpc) is 2.84. The molecular formula is C14H14BrNO2S. The predicted octanol–water partition coefficient (Wildman–Crippen LogP) is 4.04. The minimum Gasteiger partial charge on any atom is -0.497 e. The van der Waals surface area contributed by atoms with Crippen LogP contribution in [0, 0.1) is 0 Å². The molecule has 2 unspecified atom stereocenters. The van der Waals surface area contributed by atoms with Gasteiger partial charge < -0.3 is 15.2 Å². The van der Waals surface area contributed by atoms with E-state index in [9.17, 15) is 0 Å². The Kier molecular flexibility index (Phi) is 3.52. The van der Waals surface area contributed by atoms with Gasteiger partial charge >= 0.3 is 0 Å². The van der Waals surface area contributed by atoms with Crippen molar-refractivity contribution in [1.29, 1.82) is 0 Å². The predicted molar refractivity (Wildman–Crippen MR) is 79.9 cm³/mol. The number of benzene rings is 1. The minimum absolute atomic E-state index is 0.000492. The lowest BCUT2D eigenvalue weighted by molar-refractivity contribution is 0.164. The second kappa shape index (κ2) is 5.15. The normalized spacial score (nSPS) is 21.6. The maximum Gasteiger partial charge on any atom is 0.135 e. The molecule has 1 aliphatic rings. The van der Waals surface area contributed by atoms with Gasteiger partial charge in [-0.25, -0.2) is 0 Å². The van der Waals surface area contributed by atoms with E-state index in [-0.39, 0.29) is 12.1 Å². The van der Waals surface area contributed by atoms with Crippen molar-refractivity contribution in [1.82, 2.24) is 0 Å². The van der Waals surface area contributed by atoms with E-state index in [1.807, 2.05) is 24.3 Å². The van der Waals surface area contributed by atoms with Crippen molar-refractivity contribution in [2.24, 2.45) is 5.73 Å². The molecule has 0 saturated carbocycles. The van der Waals surface area contributed by atoms with Crippen molar-refractivity contribution in [3.8, 4) is 11.5 Å². The molecule has 3 nitrogen and oxygen atoms in total. The lowest BCUT2D eigenvalue weighted by Crippen LogP contribution is -2.23. The molecule has 2 N–H and O–H groups in total. The monoisotopic (exact) mass is 339 g/mol. The van der Waals surface area contributed by atoms with Gasteiger partial charge in [0.05, 0.1) is 10.9 Å². The number of hydrogen-bond donors (Lipinski definition) is 1. The average molecular weight is 340 g/mol. The van der Waals surface area contributed by atoms with Gasteiger partial charge in [-0.05, 0) is 34.1 Å². The first-order valence-electron chi connectivity index (χ1n) is 6.03. The molecule has 100 valence electrons. The first-order valence-corrected chi connectivity index (χ1v) is 7.63. The van der Waals surface area contributed by atoms with E-state index < -0.39 is 0 Å². The van der Waals surface area contributed by atoms with Crippen molar-refractivity contribution < 1.29 is 9.47 Å². The topological polar surface area (TPSA) is 44.5 Å². The van der Waals surface area contributed by atoms with Gasteiger partial charge in [0.1, 0.15) is 17.6 Å². The van der Waals surface area contributed by atoms with Crippen LogP contribution < -0.4 is 15.2 Å². The zero-order valence-electron chi connectivity index (χ0n) is 10.4. The van der Waals surface area contributed by atoms with Gasteiger partial charge in [-0.15, -0.1) is 11.3 Å². The minimum atomic E-state index is 0.000492. The van der Waals surface area contributed by atoms with Gasteiger partial charge in [0.2, 0.25) is 0 Å². The van der Waals surface area contributed by atoms with E-state index in [1.165, 1.54) is 4.88 Å². The van der Waals surface area contributed by atoms with Crippen molar-refractivity contribution in [3.63, 3.8) is 0 Å². The van der Waals surface area contributed by atoms with E-state index in [0.29, 0.717) is 0 Å². The summed E-state index contributed by atoms with van der Waals surface area (Å²) in [7, 11) is 1.65. The summed E-state index contributed by atoms with van der Waals surface area (Å²) in [5, 5.41) is 0. The summed E-state index contributed by atoms with van der Waals surface area (Å²) in [6, 6.07) is 9.93. The van der Waals surface area contributed by atoms with E-state index in [1.54, 1.807) is 18.4 Å². The molecule has 0 amide bonds. The summed E-state index contributed by atoms with van der Waals surface area (Å²) in [5.74, 6) is 1.62. The molecule has 0 spiro atoms. The lowest BCUT2D eigenvalue weighted by Gasteiger charge is -2.30. The second-order valence-electron chi connectivity index (χ2n) is 4.49. The van der Waals surface area contributed by atoms with Crippen LogP contribution in [0.4, 0.5) is 0 Å². The standard InChI is InChI=1S/C14H14BrNO2S/c1-17-8-2-3-9-10(16)7-12(18-11(9)6-8)13-4-5-14(15)19-13/h2-6,10,12H,7,16H2,1H3. The van der Waals surface area contributed by atoms with Crippen LogP contribution in [0.2, 0.25) is 0 Å². The number of halogens is 1. The Labute approximate surface area is 124 Å². The summed E-state index contributed by atoms with van der Waals surface area (Å²) in [6.45, 7) is 0. The molecule has 0 bridgehead atoms. The number of thiophene rings is 1. The number of nitrogens with two attached hydrogens (primary N) is 1. The fourth-order valence-corrected chi connectivity index (χ4v) is 3.75. The van der Waals surface area contributed by atoms with Crippen molar-refractivity contribution in [3.05, 3.63) is 44.6 Å². The maximum atomic E-state index is 6.24. The molecule has 0 fully saturated rings. The van der Waals surface area contributed by atoms with E-state index in [2.05, 4.69) is 22.0 Å². The van der Waals surface area contributed by atoms with Crippen LogP contribution in [0.15, 0.2) is 34.1 Å². The Balaban J connectivity index is 1.93. The zero-order chi connectivity index (χ0) is 13.4. The molecule has 2 atom stereocenters. The van der Waals surface area contributed by atoms with Crippen LogP contribution >= 0.6 is 27.3 Å². The van der Waals surface area contributed by atoms with E-state index in [0.717, 1.165) is 27.3 Å². The quantitative estimate of drug-likeness (QED) is 0.897. The van der Waals surface area contributed by atoms with Crippen LogP contribution in [0.1, 0.15) is 29.0 Å². The van der Waals surface area contributed by atoms with Gasteiger partial charge in [-0.1, -0.05) is 6.07 Å². The SMILES string of the molecule is COc1ccc2c(c1)OC(c1ccc(Br)s1)CC2N. The van der Waals surface area contributed by atoms with E-state index in [4.69, 9.17) is 15.2 Å². The van der Waals surface area contributed by atoms with Gasteiger partial charge in [0.25, 0.3) is 0 Å². The van der Waals surface area contributed by atoms with Gasteiger partial charge in [-0.3, -0.25) is 0 Å². The summed E-state index contributed by atoms with van der Waals surface area (Å²) in [5.41, 5.74) is 7.29. The fraction of sp³-hybridized carbons (Fsp3) is 0.286. The van der Waals surface area contributed by atoms with Gasteiger partial charge in [-0.2, -0.15) is 0 Å². The Morgan fingerprint density at radius 3 is 2.89 bits per heavy atom. The molecule has 19 heavy (non-hydrogen) atoms. The molecule has 1 aromatic heterocycles. The molecule has 2 aromatic rings. The van der Waals surface area contributed by atoms with E-state index >= 15 is 0 Å². The Hall–Kier alpha value is -1.04. The summed E-state index contributed by atoms with van der Waals surface area (Å²) in [4.78, 5) is 1.19. The Morgan fingerprint density at radius 1 is 1.37 bits per heavy atom. The van der Waals surface area contributed by atoms with Crippen LogP contribution in [0.5, 0.6) is 11.5 Å².